The molecular weight excluding hydrogens is 368 g/mol. The molecule has 0 saturated carbocycles. The fourth-order valence-electron chi connectivity index (χ4n) is 2.33. The van der Waals surface area contributed by atoms with Crippen LogP contribution in [0.5, 0.6) is 0 Å². The number of nitrogens with two attached hydrogens (primary N) is 1. The van der Waals surface area contributed by atoms with Crippen molar-refractivity contribution < 1.29 is 9.32 Å². The van der Waals surface area contributed by atoms with Gasteiger partial charge in [-0.05, 0) is 19.9 Å². The van der Waals surface area contributed by atoms with Crippen molar-refractivity contribution in [3.63, 3.8) is 0 Å². The zero-order valence-electron chi connectivity index (χ0n) is 15.8. The molecule has 0 atom stereocenters. The predicted octanol–water partition coefficient (Wildman–Crippen LogP) is 1.81. The van der Waals surface area contributed by atoms with E-state index in [-0.39, 0.29) is 17.1 Å². The van der Waals surface area contributed by atoms with E-state index in [4.69, 9.17) is 10.4 Å². The summed E-state index contributed by atoms with van der Waals surface area (Å²) in [6.45, 7) is 9.83. The summed E-state index contributed by atoms with van der Waals surface area (Å²) in [6, 6.07) is 3.63. The van der Waals surface area contributed by atoms with Gasteiger partial charge < -0.3 is 10.4 Å². The smallest absolute Gasteiger partial charge is 0.271 e. The molecular formula is C16H22N8O2S. The molecule has 0 unspecified atom stereocenters. The molecule has 3 aromatic rings. The maximum atomic E-state index is 12.2. The van der Waals surface area contributed by atoms with E-state index in [0.29, 0.717) is 17.0 Å². The highest BCUT2D eigenvalue weighted by molar-refractivity contribution is 7.99. The van der Waals surface area contributed by atoms with Crippen LogP contribution in [0, 0.1) is 13.8 Å². The summed E-state index contributed by atoms with van der Waals surface area (Å²) in [5.74, 6) is 6.58. The highest BCUT2D eigenvalue weighted by atomic mass is 32.2. The molecule has 0 aliphatic heterocycles. The first-order valence-corrected chi connectivity index (χ1v) is 9.27. The van der Waals surface area contributed by atoms with Crippen molar-refractivity contribution >= 4 is 23.6 Å². The van der Waals surface area contributed by atoms with Crippen LogP contribution >= 0.6 is 11.8 Å². The van der Waals surface area contributed by atoms with Gasteiger partial charge in [-0.2, -0.15) is 5.10 Å². The van der Waals surface area contributed by atoms with Gasteiger partial charge in [0.1, 0.15) is 0 Å². The first kappa shape index (κ1) is 19.0. The van der Waals surface area contributed by atoms with Crippen molar-refractivity contribution in [2.45, 2.75) is 45.2 Å². The number of anilines is 1. The topological polar surface area (TPSA) is 130 Å². The Balaban J connectivity index is 1.63. The van der Waals surface area contributed by atoms with E-state index < -0.39 is 0 Å². The molecule has 0 radical (unpaired) electrons. The molecule has 0 spiro atoms. The summed E-state index contributed by atoms with van der Waals surface area (Å²) >= 11 is 1.16. The molecule has 3 rings (SSSR count). The number of amides is 1. The summed E-state index contributed by atoms with van der Waals surface area (Å²) in [5.41, 5.74) is 2.35. The predicted molar refractivity (Wildman–Crippen MR) is 101 cm³/mol. The van der Waals surface area contributed by atoms with Crippen LogP contribution in [-0.2, 0) is 10.2 Å². The number of thioether (sulfide) groups is 1. The summed E-state index contributed by atoms with van der Waals surface area (Å²) in [7, 11) is 0. The highest BCUT2D eigenvalue weighted by Gasteiger charge is 2.20. The van der Waals surface area contributed by atoms with Crippen LogP contribution in [0.25, 0.3) is 5.95 Å². The summed E-state index contributed by atoms with van der Waals surface area (Å²) in [5, 5.41) is 19.5. The standard InChI is InChI=1S/C16H22N8O2S/c1-9-6-10(2)24(21-9)14-19-20-15(23(14)17)27-8-12(25)18-13-7-11(22-26-13)16(3,4)5/h6-7H,8,17H2,1-5H3,(H,18,25). The number of hydrogen-bond acceptors (Lipinski definition) is 8. The van der Waals surface area contributed by atoms with Crippen LogP contribution in [0.3, 0.4) is 0 Å². The number of nitrogens with zero attached hydrogens (tertiary/aromatic N) is 6. The second-order valence-electron chi connectivity index (χ2n) is 7.15. The van der Waals surface area contributed by atoms with Crippen molar-refractivity contribution in [2.75, 3.05) is 16.9 Å². The number of nitrogens with one attached hydrogen (secondary N) is 1. The number of carbonyl (C=O) groups excluding carboxylic acids is 1. The molecule has 0 aliphatic rings. The minimum atomic E-state index is -0.257. The van der Waals surface area contributed by atoms with Crippen LogP contribution in [0.15, 0.2) is 21.8 Å². The van der Waals surface area contributed by atoms with Gasteiger partial charge in [0, 0.05) is 17.2 Å². The molecule has 3 N–H and O–H groups in total. The van der Waals surface area contributed by atoms with Crippen molar-refractivity contribution in [2.24, 2.45) is 0 Å². The van der Waals surface area contributed by atoms with Gasteiger partial charge in [0.2, 0.25) is 16.9 Å². The fourth-order valence-corrected chi connectivity index (χ4v) is 2.99. The van der Waals surface area contributed by atoms with Crippen LogP contribution in [-0.4, -0.2) is 41.5 Å². The van der Waals surface area contributed by atoms with Crippen molar-refractivity contribution in [3.8, 4) is 5.95 Å². The summed E-state index contributed by atoms with van der Waals surface area (Å²) in [4.78, 5) is 12.2. The zero-order chi connectivity index (χ0) is 19.8. The third-order valence-electron chi connectivity index (χ3n) is 3.72. The van der Waals surface area contributed by atoms with Crippen LogP contribution in [0.1, 0.15) is 37.9 Å². The normalized spacial score (nSPS) is 11.7. The van der Waals surface area contributed by atoms with Gasteiger partial charge in [-0.25, -0.2) is 9.36 Å². The lowest BCUT2D eigenvalue weighted by Gasteiger charge is -2.12. The Morgan fingerprint density at radius 3 is 2.63 bits per heavy atom. The lowest BCUT2D eigenvalue weighted by Crippen LogP contribution is -2.18. The van der Waals surface area contributed by atoms with Gasteiger partial charge in [0.15, 0.2) is 0 Å². The van der Waals surface area contributed by atoms with E-state index in [1.165, 1.54) is 4.68 Å². The third kappa shape index (κ3) is 4.13. The van der Waals surface area contributed by atoms with Gasteiger partial charge >= 0.3 is 0 Å². The number of aryl methyl sites for hydroxylation is 2. The molecule has 3 aromatic heterocycles. The lowest BCUT2D eigenvalue weighted by molar-refractivity contribution is -0.113. The van der Waals surface area contributed by atoms with Crippen LogP contribution < -0.4 is 11.2 Å². The van der Waals surface area contributed by atoms with E-state index >= 15 is 0 Å². The number of carbonyl (C=O) groups is 1. The first-order valence-electron chi connectivity index (χ1n) is 8.29. The molecule has 0 bridgehead atoms. The zero-order valence-corrected chi connectivity index (χ0v) is 16.7. The maximum absolute atomic E-state index is 12.2. The Kier molecular flexibility index (Phi) is 4.96. The molecule has 3 heterocycles. The average molecular weight is 390 g/mol. The van der Waals surface area contributed by atoms with Crippen LogP contribution in [0.2, 0.25) is 0 Å². The van der Waals surface area contributed by atoms with E-state index in [0.717, 1.165) is 28.8 Å². The Hall–Kier alpha value is -2.82. The molecule has 0 fully saturated rings. The second-order valence-corrected chi connectivity index (χ2v) is 8.10. The second kappa shape index (κ2) is 7.06. The molecule has 10 nitrogen and oxygen atoms in total. The molecule has 0 saturated heterocycles. The Bertz CT molecular complexity index is 966. The molecule has 0 aromatic carbocycles. The summed E-state index contributed by atoms with van der Waals surface area (Å²) < 4.78 is 8.07. The number of rotatable bonds is 5. The third-order valence-corrected chi connectivity index (χ3v) is 4.66. The van der Waals surface area contributed by atoms with E-state index in [1.54, 1.807) is 10.7 Å². The van der Waals surface area contributed by atoms with E-state index in [1.807, 2.05) is 40.7 Å². The largest absolute Gasteiger partial charge is 0.338 e. The van der Waals surface area contributed by atoms with Crippen molar-refractivity contribution in [3.05, 3.63) is 29.2 Å². The van der Waals surface area contributed by atoms with Gasteiger partial charge in [-0.3, -0.25) is 10.1 Å². The lowest BCUT2D eigenvalue weighted by atomic mass is 9.92. The molecule has 144 valence electrons. The number of nitrogen functional groups attached to an aromatic ring is 1. The van der Waals surface area contributed by atoms with Gasteiger partial charge in [-0.15, -0.1) is 10.2 Å². The van der Waals surface area contributed by atoms with Gasteiger partial charge in [-0.1, -0.05) is 37.7 Å². The Labute approximate surface area is 160 Å². The maximum Gasteiger partial charge on any atom is 0.271 e. The number of aromatic nitrogens is 6. The SMILES string of the molecule is Cc1cc(C)n(-c2nnc(SCC(=O)Nc3cc(C(C)(C)C)no3)n2N)n1. The highest BCUT2D eigenvalue weighted by Crippen LogP contribution is 2.24. The van der Waals surface area contributed by atoms with Crippen molar-refractivity contribution in [1.82, 2.24) is 29.8 Å². The van der Waals surface area contributed by atoms with Crippen molar-refractivity contribution in [1.29, 1.82) is 0 Å². The monoisotopic (exact) mass is 390 g/mol. The van der Waals surface area contributed by atoms with Crippen LogP contribution in [0.4, 0.5) is 5.88 Å². The summed E-state index contributed by atoms with van der Waals surface area (Å²) in [6.07, 6.45) is 0. The van der Waals surface area contributed by atoms with Gasteiger partial charge in [0.25, 0.3) is 5.95 Å². The molecule has 27 heavy (non-hydrogen) atoms. The minimum absolute atomic E-state index is 0.0952. The van der Waals surface area contributed by atoms with Gasteiger partial charge in [0.05, 0.1) is 17.1 Å². The quantitative estimate of drug-likeness (QED) is 0.498. The van der Waals surface area contributed by atoms with E-state index in [9.17, 15) is 4.79 Å². The molecule has 1 amide bonds. The Morgan fingerprint density at radius 2 is 2.04 bits per heavy atom. The average Bonchev–Trinajstić information content (AvgIpc) is 3.25. The molecule has 11 heteroatoms. The Morgan fingerprint density at radius 1 is 1.30 bits per heavy atom. The van der Waals surface area contributed by atoms with E-state index in [2.05, 4.69) is 25.8 Å². The molecule has 0 aliphatic carbocycles. The number of hydrogen-bond donors (Lipinski definition) is 2. The fraction of sp³-hybridized carbons (Fsp3) is 0.438. The minimum Gasteiger partial charge on any atom is -0.338 e. The first-order chi connectivity index (χ1) is 12.6.